The van der Waals surface area contributed by atoms with Crippen LogP contribution in [-0.2, 0) is 9.53 Å². The summed E-state index contributed by atoms with van der Waals surface area (Å²) in [5.74, 6) is -0.743. The number of halogens is 1. The molecule has 150 valence electrons. The molecular formula is C21H24FNO5. The predicted molar refractivity (Wildman–Crippen MR) is 103 cm³/mol. The monoisotopic (exact) mass is 389 g/mol. The number of hydrogen-bond acceptors (Lipinski definition) is 5. The SMILES string of the molecule is CCCOc1ccc(C(=O)O[C@H](C)C(=O)Nc2cccc(F)c2)cc1OCC. The smallest absolute Gasteiger partial charge is 0.339 e. The molecule has 7 heteroatoms. The van der Waals surface area contributed by atoms with Gasteiger partial charge >= 0.3 is 5.97 Å². The third kappa shape index (κ3) is 5.97. The molecule has 0 aliphatic heterocycles. The first-order chi connectivity index (χ1) is 13.4. The molecule has 2 aromatic rings. The average molecular weight is 389 g/mol. The van der Waals surface area contributed by atoms with Gasteiger partial charge in [-0.05, 0) is 56.7 Å². The first kappa shape index (κ1) is 21.2. The summed E-state index contributed by atoms with van der Waals surface area (Å²) >= 11 is 0. The summed E-state index contributed by atoms with van der Waals surface area (Å²) in [5, 5.41) is 2.50. The van der Waals surface area contributed by atoms with Crippen LogP contribution in [0.15, 0.2) is 42.5 Å². The van der Waals surface area contributed by atoms with E-state index in [0.29, 0.717) is 24.7 Å². The number of ether oxygens (including phenoxy) is 3. The number of anilines is 1. The van der Waals surface area contributed by atoms with Crippen molar-refractivity contribution in [3.05, 3.63) is 53.8 Å². The molecule has 0 heterocycles. The maximum atomic E-state index is 13.2. The van der Waals surface area contributed by atoms with E-state index in [1.165, 1.54) is 31.2 Å². The fraction of sp³-hybridized carbons (Fsp3) is 0.333. The Kier molecular flexibility index (Phi) is 7.80. The van der Waals surface area contributed by atoms with Crippen LogP contribution in [0.4, 0.5) is 10.1 Å². The lowest BCUT2D eigenvalue weighted by Gasteiger charge is -2.15. The summed E-state index contributed by atoms with van der Waals surface area (Å²) < 4.78 is 29.5. The Balaban J connectivity index is 2.04. The van der Waals surface area contributed by atoms with E-state index in [4.69, 9.17) is 14.2 Å². The van der Waals surface area contributed by atoms with E-state index in [1.54, 1.807) is 18.2 Å². The maximum absolute atomic E-state index is 13.2. The predicted octanol–water partition coefficient (Wildman–Crippen LogP) is 4.20. The molecule has 6 nitrogen and oxygen atoms in total. The van der Waals surface area contributed by atoms with E-state index in [9.17, 15) is 14.0 Å². The van der Waals surface area contributed by atoms with Crippen molar-refractivity contribution in [2.24, 2.45) is 0 Å². The molecule has 28 heavy (non-hydrogen) atoms. The van der Waals surface area contributed by atoms with Gasteiger partial charge in [-0.3, -0.25) is 4.79 Å². The van der Waals surface area contributed by atoms with Crippen molar-refractivity contribution in [1.82, 2.24) is 0 Å². The maximum Gasteiger partial charge on any atom is 0.339 e. The van der Waals surface area contributed by atoms with E-state index >= 15 is 0 Å². The van der Waals surface area contributed by atoms with E-state index < -0.39 is 23.8 Å². The van der Waals surface area contributed by atoms with Crippen molar-refractivity contribution in [3.8, 4) is 11.5 Å². The molecule has 0 spiro atoms. The Morgan fingerprint density at radius 1 is 1.07 bits per heavy atom. The van der Waals surface area contributed by atoms with Gasteiger partial charge in [-0.15, -0.1) is 0 Å². The standard InChI is InChI=1S/C21H24FNO5/c1-4-11-27-18-10-9-15(12-19(18)26-5-2)21(25)28-14(3)20(24)23-17-8-6-7-16(22)13-17/h6-10,12-14H,4-5,11H2,1-3H3,(H,23,24)/t14-/m1/s1. The van der Waals surface area contributed by atoms with Gasteiger partial charge in [0.1, 0.15) is 5.82 Å². The number of nitrogens with one attached hydrogen (secondary N) is 1. The van der Waals surface area contributed by atoms with Crippen molar-refractivity contribution in [1.29, 1.82) is 0 Å². The fourth-order valence-electron chi connectivity index (χ4n) is 2.33. The zero-order valence-corrected chi connectivity index (χ0v) is 16.2. The molecule has 0 saturated carbocycles. The van der Waals surface area contributed by atoms with Crippen molar-refractivity contribution in [2.45, 2.75) is 33.3 Å². The number of carbonyl (C=O) groups excluding carboxylic acids is 2. The molecule has 0 aliphatic carbocycles. The quantitative estimate of drug-likeness (QED) is 0.651. The summed E-state index contributed by atoms with van der Waals surface area (Å²) in [4.78, 5) is 24.6. The minimum atomic E-state index is -1.07. The van der Waals surface area contributed by atoms with Gasteiger partial charge in [-0.2, -0.15) is 0 Å². The molecule has 1 atom stereocenters. The van der Waals surface area contributed by atoms with Crippen molar-refractivity contribution in [3.63, 3.8) is 0 Å². The van der Waals surface area contributed by atoms with Gasteiger partial charge in [-0.1, -0.05) is 13.0 Å². The van der Waals surface area contributed by atoms with Gasteiger partial charge in [0.05, 0.1) is 18.8 Å². The van der Waals surface area contributed by atoms with E-state index in [1.807, 2.05) is 13.8 Å². The summed E-state index contributed by atoms with van der Waals surface area (Å²) in [5.41, 5.74) is 0.515. The first-order valence-corrected chi connectivity index (χ1v) is 9.11. The summed E-state index contributed by atoms with van der Waals surface area (Å²) in [6.45, 7) is 6.19. The van der Waals surface area contributed by atoms with E-state index in [-0.39, 0.29) is 11.3 Å². The van der Waals surface area contributed by atoms with Crippen LogP contribution >= 0.6 is 0 Å². The molecule has 2 rings (SSSR count). The number of amides is 1. The third-order valence-corrected chi connectivity index (χ3v) is 3.69. The average Bonchev–Trinajstić information content (AvgIpc) is 2.67. The molecule has 0 saturated heterocycles. The van der Waals surface area contributed by atoms with E-state index in [2.05, 4.69) is 5.32 Å². The Labute approximate surface area is 163 Å². The highest BCUT2D eigenvalue weighted by atomic mass is 19.1. The van der Waals surface area contributed by atoms with Crippen molar-refractivity contribution in [2.75, 3.05) is 18.5 Å². The summed E-state index contributed by atoms with van der Waals surface area (Å²) in [6.07, 6.45) is -0.227. The Hall–Kier alpha value is -3.09. The summed E-state index contributed by atoms with van der Waals surface area (Å²) in [7, 11) is 0. The Morgan fingerprint density at radius 2 is 1.86 bits per heavy atom. The number of rotatable bonds is 9. The van der Waals surface area contributed by atoms with Crippen LogP contribution in [0.2, 0.25) is 0 Å². The van der Waals surface area contributed by atoms with Crippen LogP contribution in [-0.4, -0.2) is 31.2 Å². The summed E-state index contributed by atoms with van der Waals surface area (Å²) in [6, 6.07) is 10.2. The molecule has 0 fully saturated rings. The number of carbonyl (C=O) groups is 2. The fourth-order valence-corrected chi connectivity index (χ4v) is 2.33. The van der Waals surface area contributed by atoms with Gasteiger partial charge in [0.25, 0.3) is 5.91 Å². The highest BCUT2D eigenvalue weighted by molar-refractivity contribution is 5.97. The highest BCUT2D eigenvalue weighted by Gasteiger charge is 2.20. The van der Waals surface area contributed by atoms with Gasteiger partial charge in [0.15, 0.2) is 17.6 Å². The van der Waals surface area contributed by atoms with Gasteiger partial charge in [0.2, 0.25) is 0 Å². The second-order valence-corrected chi connectivity index (χ2v) is 5.99. The molecule has 1 amide bonds. The zero-order chi connectivity index (χ0) is 20.5. The Morgan fingerprint density at radius 3 is 2.54 bits per heavy atom. The van der Waals surface area contributed by atoms with Crippen LogP contribution < -0.4 is 14.8 Å². The molecule has 0 bridgehead atoms. The van der Waals surface area contributed by atoms with Gasteiger partial charge in [0, 0.05) is 5.69 Å². The molecule has 1 N–H and O–H groups in total. The minimum absolute atomic E-state index is 0.234. The first-order valence-electron chi connectivity index (χ1n) is 9.11. The lowest BCUT2D eigenvalue weighted by molar-refractivity contribution is -0.123. The lowest BCUT2D eigenvalue weighted by Crippen LogP contribution is -2.30. The van der Waals surface area contributed by atoms with Crippen molar-refractivity contribution < 1.29 is 28.2 Å². The van der Waals surface area contributed by atoms with Crippen LogP contribution in [0, 0.1) is 5.82 Å². The highest BCUT2D eigenvalue weighted by Crippen LogP contribution is 2.29. The third-order valence-electron chi connectivity index (χ3n) is 3.69. The van der Waals surface area contributed by atoms with Crippen LogP contribution in [0.1, 0.15) is 37.6 Å². The molecule has 0 unspecified atom stereocenters. The van der Waals surface area contributed by atoms with Gasteiger partial charge < -0.3 is 19.5 Å². The zero-order valence-electron chi connectivity index (χ0n) is 16.2. The van der Waals surface area contributed by atoms with Gasteiger partial charge in [-0.25, -0.2) is 9.18 Å². The molecule has 0 aliphatic rings. The van der Waals surface area contributed by atoms with E-state index in [0.717, 1.165) is 6.42 Å². The minimum Gasteiger partial charge on any atom is -0.490 e. The van der Waals surface area contributed by atoms with Crippen LogP contribution in [0.25, 0.3) is 0 Å². The molecular weight excluding hydrogens is 365 g/mol. The molecule has 0 radical (unpaired) electrons. The normalized spacial score (nSPS) is 11.4. The second kappa shape index (κ2) is 10.3. The topological polar surface area (TPSA) is 73.9 Å². The molecule has 0 aromatic heterocycles. The Bertz CT molecular complexity index is 824. The number of hydrogen-bond donors (Lipinski definition) is 1. The lowest BCUT2D eigenvalue weighted by atomic mass is 10.2. The number of benzene rings is 2. The van der Waals surface area contributed by atoms with Crippen molar-refractivity contribution >= 4 is 17.6 Å². The largest absolute Gasteiger partial charge is 0.490 e. The second-order valence-electron chi connectivity index (χ2n) is 5.99. The number of esters is 1. The van der Waals surface area contributed by atoms with Crippen LogP contribution in [0.3, 0.4) is 0 Å². The van der Waals surface area contributed by atoms with Crippen LogP contribution in [0.5, 0.6) is 11.5 Å². The molecule has 2 aromatic carbocycles.